The van der Waals surface area contributed by atoms with Crippen LogP contribution in [0.5, 0.6) is 5.75 Å². The zero-order valence-corrected chi connectivity index (χ0v) is 20.0. The summed E-state index contributed by atoms with van der Waals surface area (Å²) in [7, 11) is 3.44. The number of nitrogens with one attached hydrogen (secondary N) is 3. The van der Waals surface area contributed by atoms with Crippen LogP contribution >= 0.6 is 0 Å². The van der Waals surface area contributed by atoms with Gasteiger partial charge in [0.15, 0.2) is 5.96 Å². The summed E-state index contributed by atoms with van der Waals surface area (Å²) in [5, 5.41) is 9.61. The van der Waals surface area contributed by atoms with Crippen molar-refractivity contribution in [3.05, 3.63) is 24.3 Å². The molecule has 0 spiro atoms. The average molecular weight is 434 g/mol. The number of amides is 1. The molecular formula is C23H39N5O3. The summed E-state index contributed by atoms with van der Waals surface area (Å²) in [5.74, 6) is 2.13. The van der Waals surface area contributed by atoms with Crippen molar-refractivity contribution in [2.45, 2.75) is 52.2 Å². The lowest BCUT2D eigenvalue weighted by molar-refractivity contribution is 0.0474. The quantitative estimate of drug-likeness (QED) is 0.453. The first-order valence-corrected chi connectivity index (χ1v) is 10.9. The van der Waals surface area contributed by atoms with Gasteiger partial charge < -0.3 is 30.3 Å². The molecule has 0 radical (unpaired) electrons. The SMILES string of the molecule is CN=C(NCC1CCN(c2cccc(OC)c2)C1)NCC(C)(C)NC(=O)OC(C)(C)C. The molecule has 3 N–H and O–H groups in total. The van der Waals surface area contributed by atoms with E-state index in [1.807, 2.05) is 46.8 Å². The lowest BCUT2D eigenvalue weighted by atomic mass is 10.1. The van der Waals surface area contributed by atoms with Crippen molar-refractivity contribution in [3.8, 4) is 5.75 Å². The van der Waals surface area contributed by atoms with Crippen LogP contribution in [0.3, 0.4) is 0 Å². The molecule has 0 aliphatic carbocycles. The average Bonchev–Trinajstić information content (AvgIpc) is 3.15. The monoisotopic (exact) mass is 433 g/mol. The summed E-state index contributed by atoms with van der Waals surface area (Å²) >= 11 is 0. The van der Waals surface area contributed by atoms with Crippen molar-refractivity contribution >= 4 is 17.7 Å². The number of aliphatic imine (C=N–C) groups is 1. The minimum absolute atomic E-state index is 0.425. The Kier molecular flexibility index (Phi) is 8.42. The van der Waals surface area contributed by atoms with E-state index in [0.29, 0.717) is 12.5 Å². The lowest BCUT2D eigenvalue weighted by Crippen LogP contribution is -2.54. The van der Waals surface area contributed by atoms with Crippen LogP contribution in [-0.4, -0.2) is 63.5 Å². The number of alkyl carbamates (subject to hydrolysis) is 1. The molecule has 1 heterocycles. The zero-order valence-electron chi connectivity index (χ0n) is 20.0. The van der Waals surface area contributed by atoms with Crippen LogP contribution in [0.1, 0.15) is 41.0 Å². The van der Waals surface area contributed by atoms with Gasteiger partial charge in [-0.15, -0.1) is 0 Å². The Morgan fingerprint density at radius 1 is 1.23 bits per heavy atom. The van der Waals surface area contributed by atoms with Gasteiger partial charge in [-0.3, -0.25) is 4.99 Å². The fourth-order valence-electron chi connectivity index (χ4n) is 3.43. The molecule has 174 valence electrons. The summed E-state index contributed by atoms with van der Waals surface area (Å²) in [6, 6.07) is 8.20. The second-order valence-electron chi connectivity index (χ2n) is 9.62. The highest BCUT2D eigenvalue weighted by atomic mass is 16.6. The maximum absolute atomic E-state index is 12.1. The summed E-state index contributed by atoms with van der Waals surface area (Å²) in [6.07, 6.45) is 0.693. The standard InChI is InChI=1S/C23H39N5O3/c1-22(2,3)31-21(29)27-23(4,5)16-26-20(24-6)25-14-17-11-12-28(15-17)18-9-8-10-19(13-18)30-7/h8-10,13,17H,11-12,14-16H2,1-7H3,(H,27,29)(H2,24,25,26). The van der Waals surface area contributed by atoms with E-state index in [-0.39, 0.29) is 0 Å². The second kappa shape index (κ2) is 10.6. The third-order valence-electron chi connectivity index (χ3n) is 5.02. The molecule has 0 bridgehead atoms. The van der Waals surface area contributed by atoms with Crippen LogP contribution in [0.4, 0.5) is 10.5 Å². The Morgan fingerprint density at radius 3 is 2.61 bits per heavy atom. The van der Waals surface area contributed by atoms with E-state index in [1.54, 1.807) is 14.2 Å². The number of carbonyl (C=O) groups excluding carboxylic acids is 1. The molecule has 1 unspecified atom stereocenters. The van der Waals surface area contributed by atoms with Gasteiger partial charge in [0.1, 0.15) is 11.4 Å². The minimum Gasteiger partial charge on any atom is -0.497 e. The highest BCUT2D eigenvalue weighted by molar-refractivity contribution is 5.79. The van der Waals surface area contributed by atoms with E-state index in [2.05, 4.69) is 38.0 Å². The van der Waals surface area contributed by atoms with E-state index in [4.69, 9.17) is 9.47 Å². The smallest absolute Gasteiger partial charge is 0.408 e. The van der Waals surface area contributed by atoms with Crippen molar-refractivity contribution in [2.75, 3.05) is 45.2 Å². The van der Waals surface area contributed by atoms with Gasteiger partial charge in [0, 0.05) is 45.0 Å². The van der Waals surface area contributed by atoms with Crippen LogP contribution in [0.2, 0.25) is 0 Å². The maximum atomic E-state index is 12.1. The van der Waals surface area contributed by atoms with Gasteiger partial charge in [-0.1, -0.05) is 6.07 Å². The third kappa shape index (κ3) is 8.55. The number of methoxy groups -OCH3 is 1. The van der Waals surface area contributed by atoms with Crippen LogP contribution < -0.4 is 25.6 Å². The number of benzene rings is 1. The van der Waals surface area contributed by atoms with Gasteiger partial charge in [0.2, 0.25) is 0 Å². The van der Waals surface area contributed by atoms with Crippen molar-refractivity contribution in [3.63, 3.8) is 0 Å². The summed E-state index contributed by atoms with van der Waals surface area (Å²) in [4.78, 5) is 18.8. The van der Waals surface area contributed by atoms with Crippen LogP contribution in [0.15, 0.2) is 29.3 Å². The van der Waals surface area contributed by atoms with Gasteiger partial charge in [0.05, 0.1) is 12.6 Å². The van der Waals surface area contributed by atoms with E-state index in [1.165, 1.54) is 5.69 Å². The predicted octanol–water partition coefficient (Wildman–Crippen LogP) is 2.99. The molecule has 1 fully saturated rings. The topological polar surface area (TPSA) is 87.2 Å². The number of hydrogen-bond donors (Lipinski definition) is 3. The first kappa shape index (κ1) is 24.6. The number of anilines is 1. The van der Waals surface area contributed by atoms with E-state index >= 15 is 0 Å². The molecule has 8 nitrogen and oxygen atoms in total. The number of nitrogens with zero attached hydrogens (tertiary/aromatic N) is 2. The van der Waals surface area contributed by atoms with Crippen molar-refractivity contribution in [2.24, 2.45) is 10.9 Å². The van der Waals surface area contributed by atoms with Crippen molar-refractivity contribution in [1.29, 1.82) is 0 Å². The molecular weight excluding hydrogens is 394 g/mol. The van der Waals surface area contributed by atoms with Gasteiger partial charge in [-0.25, -0.2) is 4.79 Å². The molecule has 0 saturated carbocycles. The number of rotatable bonds is 7. The van der Waals surface area contributed by atoms with Gasteiger partial charge in [0.25, 0.3) is 0 Å². The summed E-state index contributed by atoms with van der Waals surface area (Å²) < 4.78 is 10.7. The number of ether oxygens (including phenoxy) is 2. The molecule has 1 aliphatic rings. The molecule has 1 amide bonds. The fraction of sp³-hybridized carbons (Fsp3) is 0.652. The Bertz CT molecular complexity index is 758. The Labute approximate surface area is 186 Å². The third-order valence-corrected chi connectivity index (χ3v) is 5.02. The molecule has 0 aromatic heterocycles. The molecule has 1 aromatic carbocycles. The predicted molar refractivity (Wildman–Crippen MR) is 126 cm³/mol. The largest absolute Gasteiger partial charge is 0.497 e. The zero-order chi connectivity index (χ0) is 23.1. The highest BCUT2D eigenvalue weighted by Crippen LogP contribution is 2.26. The lowest BCUT2D eigenvalue weighted by Gasteiger charge is -2.29. The second-order valence-corrected chi connectivity index (χ2v) is 9.62. The number of guanidine groups is 1. The Balaban J connectivity index is 1.77. The molecule has 1 aliphatic heterocycles. The fourth-order valence-corrected chi connectivity index (χ4v) is 3.43. The number of hydrogen-bond acceptors (Lipinski definition) is 5. The Morgan fingerprint density at radius 2 is 1.97 bits per heavy atom. The summed E-state index contributed by atoms with van der Waals surface area (Å²) in [5.41, 5.74) is 0.182. The van der Waals surface area contributed by atoms with E-state index in [9.17, 15) is 4.79 Å². The first-order chi connectivity index (χ1) is 14.5. The van der Waals surface area contributed by atoms with Crippen LogP contribution in [0, 0.1) is 5.92 Å². The van der Waals surface area contributed by atoms with Gasteiger partial charge >= 0.3 is 6.09 Å². The summed E-state index contributed by atoms with van der Waals surface area (Å²) in [6.45, 7) is 12.8. The molecule has 1 aromatic rings. The molecule has 8 heteroatoms. The van der Waals surface area contributed by atoms with E-state index < -0.39 is 17.2 Å². The van der Waals surface area contributed by atoms with Crippen LogP contribution in [0.25, 0.3) is 0 Å². The molecule has 1 saturated heterocycles. The molecule has 2 rings (SSSR count). The van der Waals surface area contributed by atoms with E-state index in [0.717, 1.165) is 37.8 Å². The molecule has 31 heavy (non-hydrogen) atoms. The minimum atomic E-state index is -0.523. The van der Waals surface area contributed by atoms with Gasteiger partial charge in [-0.2, -0.15) is 0 Å². The van der Waals surface area contributed by atoms with Crippen molar-refractivity contribution in [1.82, 2.24) is 16.0 Å². The van der Waals surface area contributed by atoms with Gasteiger partial charge in [-0.05, 0) is 59.1 Å². The van der Waals surface area contributed by atoms with Crippen molar-refractivity contribution < 1.29 is 14.3 Å². The highest BCUT2D eigenvalue weighted by Gasteiger charge is 2.26. The first-order valence-electron chi connectivity index (χ1n) is 10.9. The maximum Gasteiger partial charge on any atom is 0.408 e. The molecule has 1 atom stereocenters. The Hall–Kier alpha value is -2.64. The normalized spacial score (nSPS) is 17.3. The number of carbonyl (C=O) groups is 1. The van der Waals surface area contributed by atoms with Crippen LogP contribution in [-0.2, 0) is 4.74 Å².